The number of ether oxygens (including phenoxy) is 3. The fraction of sp³-hybridized carbons (Fsp3) is 0.571. The molecule has 228 valence electrons. The van der Waals surface area contributed by atoms with Crippen molar-refractivity contribution in [1.82, 2.24) is 0 Å². The number of carbonyl (C=O) groups excluding carboxylic acids is 2. The average Bonchev–Trinajstić information content (AvgIpc) is 3.68. The van der Waals surface area contributed by atoms with Crippen molar-refractivity contribution in [3.8, 4) is 0 Å². The van der Waals surface area contributed by atoms with Crippen LogP contribution in [-0.4, -0.2) is 35.9 Å². The van der Waals surface area contributed by atoms with E-state index in [0.29, 0.717) is 22.8 Å². The first-order valence-electron chi connectivity index (χ1n) is 15.6. The zero-order valence-corrected chi connectivity index (χ0v) is 25.7. The molecule has 0 bridgehead atoms. The number of epoxide rings is 1. The number of esters is 2. The third-order valence-corrected chi connectivity index (χ3v) is 12.3. The number of rotatable bonds is 5. The van der Waals surface area contributed by atoms with E-state index in [2.05, 4.69) is 13.8 Å². The van der Waals surface area contributed by atoms with Gasteiger partial charge in [0.1, 0.15) is 23.9 Å². The fourth-order valence-electron chi connectivity index (χ4n) is 10.1. The summed E-state index contributed by atoms with van der Waals surface area (Å²) in [4.78, 5) is 36.8. The van der Waals surface area contributed by atoms with Crippen molar-refractivity contribution in [3.05, 3.63) is 75.3 Å². The molecule has 7 nitrogen and oxygen atoms in total. The van der Waals surface area contributed by atoms with E-state index in [4.69, 9.17) is 30.2 Å². The van der Waals surface area contributed by atoms with Crippen LogP contribution < -0.4 is 5.63 Å². The Morgan fingerprint density at radius 3 is 2.49 bits per heavy atom. The maximum Gasteiger partial charge on any atom is 0.335 e. The third-order valence-electron chi connectivity index (χ3n) is 12.0. The molecule has 4 aliphatic carbocycles. The Kier molecular flexibility index (Phi) is 6.93. The van der Waals surface area contributed by atoms with Crippen LogP contribution in [0.5, 0.6) is 0 Å². The highest BCUT2D eigenvalue weighted by Gasteiger charge is 2.84. The Balaban J connectivity index is 1.18. The van der Waals surface area contributed by atoms with Crippen molar-refractivity contribution >= 4 is 29.6 Å². The molecule has 1 aromatic carbocycles. The summed E-state index contributed by atoms with van der Waals surface area (Å²) >= 11 is 6.01. The molecular weight excluding hydrogens is 568 g/mol. The Bertz CT molecular complexity index is 1490. The van der Waals surface area contributed by atoms with E-state index in [0.717, 1.165) is 56.1 Å². The van der Waals surface area contributed by atoms with Gasteiger partial charge in [-0.25, -0.2) is 9.59 Å². The number of halogens is 1. The van der Waals surface area contributed by atoms with Gasteiger partial charge in [-0.15, -0.1) is 0 Å². The van der Waals surface area contributed by atoms with Crippen LogP contribution in [0.4, 0.5) is 0 Å². The van der Waals surface area contributed by atoms with Crippen LogP contribution in [0.3, 0.4) is 0 Å². The molecule has 5 fully saturated rings. The third kappa shape index (κ3) is 4.52. The van der Waals surface area contributed by atoms with Crippen LogP contribution in [-0.2, 0) is 23.8 Å². The van der Waals surface area contributed by atoms with E-state index in [1.54, 1.807) is 24.5 Å². The van der Waals surface area contributed by atoms with Gasteiger partial charge in [0.15, 0.2) is 0 Å². The van der Waals surface area contributed by atoms with Crippen LogP contribution in [0.15, 0.2) is 57.9 Å². The lowest BCUT2D eigenvalue weighted by molar-refractivity contribution is -0.166. The van der Waals surface area contributed by atoms with Crippen molar-refractivity contribution in [2.24, 2.45) is 28.6 Å². The second-order valence-corrected chi connectivity index (χ2v) is 14.4. The highest BCUT2D eigenvalue weighted by atomic mass is 35.5. The van der Waals surface area contributed by atoms with E-state index in [-0.39, 0.29) is 34.9 Å². The molecular formula is C35H39ClO7. The van der Waals surface area contributed by atoms with Crippen molar-refractivity contribution < 1.29 is 28.2 Å². The molecule has 1 aliphatic heterocycles. The second kappa shape index (κ2) is 10.3. The SMILES string of the molecule is CC(=O)O[C@H]1CC[C@@]2(C)[C@H](CCC3[C@@H]2CC[C@]2(C)[C@@H](c4ccc(=O)oc4)[C@@H](OC(=O)/C=C/c4ccc(Cl)cc4)[C@H]4OC342)C1. The number of fused-ring (bicyclic) bond motifs is 3. The van der Waals surface area contributed by atoms with Gasteiger partial charge in [-0.2, -0.15) is 0 Å². The number of benzene rings is 1. The summed E-state index contributed by atoms with van der Waals surface area (Å²) in [6, 6.07) is 10.5. The van der Waals surface area contributed by atoms with Crippen molar-refractivity contribution in [2.75, 3.05) is 0 Å². The van der Waals surface area contributed by atoms with Gasteiger partial charge in [-0.1, -0.05) is 37.6 Å². The molecule has 0 N–H and O–H groups in total. The van der Waals surface area contributed by atoms with Gasteiger partial charge >= 0.3 is 17.6 Å². The first-order chi connectivity index (χ1) is 20.5. The largest absolute Gasteiger partial charge is 0.463 e. The average molecular weight is 607 g/mol. The molecule has 7 rings (SSSR count). The molecule has 0 radical (unpaired) electrons. The van der Waals surface area contributed by atoms with Crippen LogP contribution in [0.1, 0.15) is 82.8 Å². The Labute approximate surface area is 256 Å². The summed E-state index contributed by atoms with van der Waals surface area (Å²) in [5.41, 5.74) is 0.783. The predicted octanol–water partition coefficient (Wildman–Crippen LogP) is 6.72. The number of carbonyl (C=O) groups is 2. The molecule has 1 aromatic heterocycles. The zero-order valence-electron chi connectivity index (χ0n) is 24.9. The first kappa shape index (κ1) is 28.8. The summed E-state index contributed by atoms with van der Waals surface area (Å²) in [5, 5.41) is 0.633. The summed E-state index contributed by atoms with van der Waals surface area (Å²) in [5.74, 6) is 0.560. The standard InChI is InChI=1S/C35H39ClO7/c1-20(37)41-25-14-16-33(2)23(18-25)8-11-27-26(33)15-17-34(3)30(22-7-13-28(38)40-19-22)31(32-35(27,34)43-32)42-29(39)12-6-21-4-9-24(36)10-5-21/h4-7,9-10,12-13,19,23,25-27,30-32H,8,11,14-18H2,1-3H3/b12-6+/t23-,25+,26+,27?,30+,31-,32-,33+,34-,35?/m1/s1. The topological polar surface area (TPSA) is 95.3 Å². The normalized spacial score (nSPS) is 41.0. The van der Waals surface area contributed by atoms with E-state index < -0.39 is 23.3 Å². The molecule has 5 aliphatic rings. The second-order valence-electron chi connectivity index (χ2n) is 13.9. The molecule has 1 saturated heterocycles. The predicted molar refractivity (Wildman–Crippen MR) is 160 cm³/mol. The molecule has 43 heavy (non-hydrogen) atoms. The van der Waals surface area contributed by atoms with E-state index in [9.17, 15) is 14.4 Å². The van der Waals surface area contributed by atoms with E-state index in [1.807, 2.05) is 18.2 Å². The van der Waals surface area contributed by atoms with Gasteiger partial charge in [0.2, 0.25) is 0 Å². The van der Waals surface area contributed by atoms with Gasteiger partial charge in [-0.3, -0.25) is 4.79 Å². The highest BCUT2D eigenvalue weighted by Crippen LogP contribution is 2.78. The molecule has 8 heteroatoms. The molecule has 1 spiro atoms. The minimum Gasteiger partial charge on any atom is -0.463 e. The number of hydrogen-bond acceptors (Lipinski definition) is 7. The zero-order chi connectivity index (χ0) is 30.1. The van der Waals surface area contributed by atoms with Crippen LogP contribution in [0, 0.1) is 28.6 Å². The van der Waals surface area contributed by atoms with Gasteiger partial charge in [0, 0.05) is 35.4 Å². The molecule has 10 atom stereocenters. The highest BCUT2D eigenvalue weighted by molar-refractivity contribution is 6.30. The maximum absolute atomic E-state index is 13.3. The van der Waals surface area contributed by atoms with Crippen molar-refractivity contribution in [3.63, 3.8) is 0 Å². The van der Waals surface area contributed by atoms with Gasteiger partial charge in [0.25, 0.3) is 0 Å². The summed E-state index contributed by atoms with van der Waals surface area (Å²) in [6.07, 6.45) is 11.0. The van der Waals surface area contributed by atoms with Crippen LogP contribution in [0.25, 0.3) is 6.08 Å². The van der Waals surface area contributed by atoms with Gasteiger partial charge < -0.3 is 18.6 Å². The Morgan fingerprint density at radius 2 is 1.77 bits per heavy atom. The first-order valence-corrected chi connectivity index (χ1v) is 16.0. The lowest BCUT2D eigenvalue weighted by Gasteiger charge is -2.61. The van der Waals surface area contributed by atoms with Gasteiger partial charge in [0.05, 0.1) is 6.26 Å². The van der Waals surface area contributed by atoms with E-state index in [1.165, 1.54) is 19.1 Å². The molecule has 4 saturated carbocycles. The Hall–Kier alpha value is -2.90. The lowest BCUT2D eigenvalue weighted by atomic mass is 9.44. The quantitative estimate of drug-likeness (QED) is 0.212. The summed E-state index contributed by atoms with van der Waals surface area (Å²) < 4.78 is 24.1. The monoisotopic (exact) mass is 606 g/mol. The van der Waals surface area contributed by atoms with Gasteiger partial charge in [-0.05, 0) is 104 Å². The summed E-state index contributed by atoms with van der Waals surface area (Å²) in [7, 11) is 0. The summed E-state index contributed by atoms with van der Waals surface area (Å²) in [6.45, 7) is 6.25. The van der Waals surface area contributed by atoms with Crippen LogP contribution >= 0.6 is 11.6 Å². The minimum atomic E-state index is -0.496. The van der Waals surface area contributed by atoms with Crippen molar-refractivity contribution in [1.29, 1.82) is 0 Å². The molecule has 2 heterocycles. The van der Waals surface area contributed by atoms with Crippen molar-refractivity contribution in [2.45, 2.75) is 95.5 Å². The lowest BCUT2D eigenvalue weighted by Crippen LogP contribution is -2.58. The minimum absolute atomic E-state index is 0.0115. The Morgan fingerprint density at radius 1 is 0.977 bits per heavy atom. The molecule has 2 unspecified atom stereocenters. The maximum atomic E-state index is 13.3. The smallest absolute Gasteiger partial charge is 0.335 e. The molecule has 0 amide bonds. The number of hydrogen-bond donors (Lipinski definition) is 0. The van der Waals surface area contributed by atoms with Crippen LogP contribution in [0.2, 0.25) is 5.02 Å². The van der Waals surface area contributed by atoms with E-state index >= 15 is 0 Å². The molecule has 2 aromatic rings. The fourth-order valence-corrected chi connectivity index (χ4v) is 10.3.